The zero-order valence-corrected chi connectivity index (χ0v) is 13.2. The van der Waals surface area contributed by atoms with Crippen LogP contribution in [0.1, 0.15) is 22.3 Å². The van der Waals surface area contributed by atoms with Crippen LogP contribution >= 0.6 is 0 Å². The van der Waals surface area contributed by atoms with Gasteiger partial charge in [0, 0.05) is 0 Å². The zero-order valence-electron chi connectivity index (χ0n) is 12.4. The van der Waals surface area contributed by atoms with Gasteiger partial charge in [0.05, 0.1) is 4.90 Å². The van der Waals surface area contributed by atoms with Crippen LogP contribution in [0.15, 0.2) is 34.1 Å². The molecule has 0 aliphatic rings. The molecule has 0 radical (unpaired) electrons. The first-order valence-corrected chi connectivity index (χ1v) is 7.99. The van der Waals surface area contributed by atoms with Gasteiger partial charge < -0.3 is 10.2 Å². The molecule has 0 unspecified atom stereocenters. The van der Waals surface area contributed by atoms with E-state index < -0.39 is 9.84 Å². The van der Waals surface area contributed by atoms with Crippen LogP contribution in [-0.2, 0) is 9.84 Å². The van der Waals surface area contributed by atoms with E-state index in [0.717, 1.165) is 5.56 Å². The molecule has 0 heterocycles. The average Bonchev–Trinajstić information content (AvgIpc) is 2.39. The maximum Gasteiger partial charge on any atom is 0.210 e. The van der Waals surface area contributed by atoms with E-state index >= 15 is 0 Å². The molecule has 2 aromatic carbocycles. The average molecular weight is 306 g/mol. The zero-order chi connectivity index (χ0) is 15.9. The third-order valence-electron chi connectivity index (χ3n) is 3.85. The van der Waals surface area contributed by atoms with Gasteiger partial charge in [0.1, 0.15) is 16.4 Å². The Morgan fingerprint density at radius 1 is 0.810 bits per heavy atom. The smallest absolute Gasteiger partial charge is 0.210 e. The minimum Gasteiger partial charge on any atom is -0.508 e. The molecular weight excluding hydrogens is 288 g/mol. The van der Waals surface area contributed by atoms with E-state index in [1.54, 1.807) is 33.8 Å². The second kappa shape index (κ2) is 5.07. The molecule has 2 aromatic rings. The van der Waals surface area contributed by atoms with E-state index in [0.29, 0.717) is 16.7 Å². The van der Waals surface area contributed by atoms with Gasteiger partial charge >= 0.3 is 0 Å². The molecule has 112 valence electrons. The molecular formula is C16H18O4S. The lowest BCUT2D eigenvalue weighted by atomic mass is 10.1. The fraction of sp³-hybridized carbons (Fsp3) is 0.250. The van der Waals surface area contributed by atoms with E-state index in [9.17, 15) is 18.6 Å². The largest absolute Gasteiger partial charge is 0.508 e. The summed E-state index contributed by atoms with van der Waals surface area (Å²) in [5.41, 5.74) is 2.59. The molecule has 0 aliphatic heterocycles. The Kier molecular flexibility index (Phi) is 3.72. The summed E-state index contributed by atoms with van der Waals surface area (Å²) in [5.74, 6) is -0.351. The topological polar surface area (TPSA) is 74.6 Å². The third kappa shape index (κ3) is 2.49. The molecule has 0 amide bonds. The Hall–Kier alpha value is -2.01. The van der Waals surface area contributed by atoms with Crippen molar-refractivity contribution in [1.82, 2.24) is 0 Å². The first-order valence-electron chi connectivity index (χ1n) is 6.50. The number of benzene rings is 2. The number of hydrogen-bond donors (Lipinski definition) is 2. The third-order valence-corrected chi connectivity index (χ3v) is 5.76. The second-order valence-electron chi connectivity index (χ2n) is 5.24. The molecule has 2 rings (SSSR count). The predicted octanol–water partition coefficient (Wildman–Crippen LogP) is 3.16. The number of phenolic OH excluding ortho intramolecular Hbond substituents is 2. The Bertz CT molecular complexity index is 821. The van der Waals surface area contributed by atoms with Gasteiger partial charge in [-0.15, -0.1) is 0 Å². The Labute approximate surface area is 124 Å². The standard InChI is InChI=1S/C16H18O4S/c1-9-5-6-14(16(18)12(9)4)21(19,20)15-8-13(17)7-10(2)11(15)3/h5-8,17-18H,1-4H3. The van der Waals surface area contributed by atoms with Crippen molar-refractivity contribution >= 4 is 9.84 Å². The molecule has 5 heteroatoms. The molecule has 0 saturated carbocycles. The molecule has 0 bridgehead atoms. The first-order chi connectivity index (χ1) is 9.66. The molecule has 0 spiro atoms. The van der Waals surface area contributed by atoms with Crippen LogP contribution in [0.5, 0.6) is 11.5 Å². The van der Waals surface area contributed by atoms with Gasteiger partial charge in [-0.2, -0.15) is 0 Å². The van der Waals surface area contributed by atoms with Gasteiger partial charge in [-0.3, -0.25) is 0 Å². The lowest BCUT2D eigenvalue weighted by Crippen LogP contribution is -2.06. The van der Waals surface area contributed by atoms with E-state index in [1.807, 2.05) is 0 Å². The van der Waals surface area contributed by atoms with Gasteiger partial charge in [0.15, 0.2) is 0 Å². The number of phenols is 2. The highest BCUT2D eigenvalue weighted by molar-refractivity contribution is 7.91. The van der Waals surface area contributed by atoms with Crippen LogP contribution in [0.4, 0.5) is 0 Å². The summed E-state index contributed by atoms with van der Waals surface area (Å²) >= 11 is 0. The van der Waals surface area contributed by atoms with Gasteiger partial charge in [-0.05, 0) is 68.1 Å². The van der Waals surface area contributed by atoms with Crippen molar-refractivity contribution < 1.29 is 18.6 Å². The highest BCUT2D eigenvalue weighted by Crippen LogP contribution is 2.35. The van der Waals surface area contributed by atoms with Gasteiger partial charge in [-0.1, -0.05) is 6.07 Å². The molecule has 21 heavy (non-hydrogen) atoms. The molecule has 0 aromatic heterocycles. The number of aryl methyl sites for hydroxylation is 2. The normalized spacial score (nSPS) is 11.6. The van der Waals surface area contributed by atoms with Crippen molar-refractivity contribution in [2.45, 2.75) is 37.5 Å². The van der Waals surface area contributed by atoms with E-state index in [-0.39, 0.29) is 21.3 Å². The Balaban J connectivity index is 2.78. The molecule has 4 nitrogen and oxygen atoms in total. The van der Waals surface area contributed by atoms with Gasteiger partial charge in [0.25, 0.3) is 0 Å². The van der Waals surface area contributed by atoms with Crippen LogP contribution in [0.2, 0.25) is 0 Å². The monoisotopic (exact) mass is 306 g/mol. The van der Waals surface area contributed by atoms with Crippen molar-refractivity contribution in [2.75, 3.05) is 0 Å². The Morgan fingerprint density at radius 2 is 1.43 bits per heavy atom. The SMILES string of the molecule is Cc1cc(O)cc(S(=O)(=O)c2ccc(C)c(C)c2O)c1C. The molecule has 0 saturated heterocycles. The number of rotatable bonds is 2. The highest BCUT2D eigenvalue weighted by atomic mass is 32.2. The number of sulfone groups is 1. The van der Waals surface area contributed by atoms with Crippen LogP contribution < -0.4 is 0 Å². The molecule has 0 aliphatic carbocycles. The van der Waals surface area contributed by atoms with Crippen molar-refractivity contribution in [1.29, 1.82) is 0 Å². The van der Waals surface area contributed by atoms with Crippen LogP contribution in [0.25, 0.3) is 0 Å². The summed E-state index contributed by atoms with van der Waals surface area (Å²) in [5, 5.41) is 19.8. The van der Waals surface area contributed by atoms with Crippen LogP contribution in [0, 0.1) is 27.7 Å². The molecule has 0 atom stereocenters. The van der Waals surface area contributed by atoms with E-state index in [4.69, 9.17) is 0 Å². The summed E-state index contributed by atoms with van der Waals surface area (Å²) in [6.07, 6.45) is 0. The summed E-state index contributed by atoms with van der Waals surface area (Å²) in [4.78, 5) is -0.128. The van der Waals surface area contributed by atoms with Crippen molar-refractivity contribution in [3.63, 3.8) is 0 Å². The van der Waals surface area contributed by atoms with E-state index in [2.05, 4.69) is 0 Å². The van der Waals surface area contributed by atoms with E-state index in [1.165, 1.54) is 18.2 Å². The maximum atomic E-state index is 12.8. The fourth-order valence-electron chi connectivity index (χ4n) is 2.20. The van der Waals surface area contributed by atoms with Crippen LogP contribution in [0.3, 0.4) is 0 Å². The summed E-state index contributed by atoms with van der Waals surface area (Å²) in [6, 6.07) is 5.78. The van der Waals surface area contributed by atoms with Gasteiger partial charge in [-0.25, -0.2) is 8.42 Å². The lowest BCUT2D eigenvalue weighted by molar-refractivity contribution is 0.453. The number of hydrogen-bond acceptors (Lipinski definition) is 4. The summed E-state index contributed by atoms with van der Waals surface area (Å²) < 4.78 is 25.5. The quantitative estimate of drug-likeness (QED) is 0.893. The lowest BCUT2D eigenvalue weighted by Gasteiger charge is -2.14. The van der Waals surface area contributed by atoms with Crippen molar-refractivity contribution in [2.24, 2.45) is 0 Å². The summed E-state index contributed by atoms with van der Waals surface area (Å²) in [7, 11) is -3.89. The second-order valence-corrected chi connectivity index (χ2v) is 7.13. The summed E-state index contributed by atoms with van der Waals surface area (Å²) in [6.45, 7) is 6.88. The first kappa shape index (κ1) is 15.4. The van der Waals surface area contributed by atoms with Gasteiger partial charge in [0.2, 0.25) is 9.84 Å². The van der Waals surface area contributed by atoms with Crippen molar-refractivity contribution in [3.05, 3.63) is 46.5 Å². The fourth-order valence-corrected chi connectivity index (χ4v) is 3.93. The van der Waals surface area contributed by atoms with Crippen molar-refractivity contribution in [3.8, 4) is 11.5 Å². The molecule has 2 N–H and O–H groups in total. The minimum absolute atomic E-state index is 0.0125. The maximum absolute atomic E-state index is 12.8. The Morgan fingerprint density at radius 3 is 2.05 bits per heavy atom. The van der Waals surface area contributed by atoms with Crippen LogP contribution in [-0.4, -0.2) is 18.6 Å². The molecule has 0 fully saturated rings. The number of aromatic hydroxyl groups is 2. The highest BCUT2D eigenvalue weighted by Gasteiger charge is 2.25. The predicted molar refractivity (Wildman–Crippen MR) is 80.6 cm³/mol. The minimum atomic E-state index is -3.89.